The minimum atomic E-state index is -0.0213. The highest BCUT2D eigenvalue weighted by Gasteiger charge is 2.32. The number of nitrogens with zero attached hydrogens (tertiary/aromatic N) is 3. The Balaban J connectivity index is 0.00000176. The average Bonchev–Trinajstić information content (AvgIpc) is 3.17. The van der Waals surface area contributed by atoms with Crippen molar-refractivity contribution in [1.29, 1.82) is 0 Å². The quantitative estimate of drug-likeness (QED) is 0.907. The highest BCUT2D eigenvalue weighted by molar-refractivity contribution is 5.91. The predicted molar refractivity (Wildman–Crippen MR) is 86.6 cm³/mol. The first-order chi connectivity index (χ1) is 10.1. The number of hydrogen-bond donors (Lipinski definition) is 1. The van der Waals surface area contributed by atoms with E-state index in [2.05, 4.69) is 15.4 Å². The van der Waals surface area contributed by atoms with Crippen molar-refractivity contribution >= 4 is 18.3 Å². The van der Waals surface area contributed by atoms with E-state index in [1.807, 2.05) is 18.7 Å². The zero-order valence-electron chi connectivity index (χ0n) is 13.2. The summed E-state index contributed by atoms with van der Waals surface area (Å²) >= 11 is 0. The summed E-state index contributed by atoms with van der Waals surface area (Å²) in [6, 6.07) is 2.27. The van der Waals surface area contributed by atoms with E-state index >= 15 is 0 Å². The first-order valence-electron chi connectivity index (χ1n) is 7.86. The third-order valence-corrected chi connectivity index (χ3v) is 4.45. The van der Waals surface area contributed by atoms with Crippen molar-refractivity contribution in [2.45, 2.75) is 32.2 Å². The van der Waals surface area contributed by atoms with E-state index < -0.39 is 0 Å². The molecule has 1 aromatic rings. The van der Waals surface area contributed by atoms with Gasteiger partial charge in [0.15, 0.2) is 0 Å². The molecule has 7 heteroatoms. The fraction of sp³-hybridized carbons (Fsp3) is 0.733. The SMILES string of the molecule is CC(C)c1cc(C(=O)N2CCC(N3CCNCC3)C2)on1.Cl. The van der Waals surface area contributed by atoms with Crippen LogP contribution in [-0.4, -0.2) is 66.2 Å². The van der Waals surface area contributed by atoms with Gasteiger partial charge in [-0.15, -0.1) is 12.4 Å². The maximum absolute atomic E-state index is 12.5. The van der Waals surface area contributed by atoms with Crippen LogP contribution >= 0.6 is 12.4 Å². The third kappa shape index (κ3) is 3.62. The van der Waals surface area contributed by atoms with Crippen molar-refractivity contribution in [3.63, 3.8) is 0 Å². The second kappa shape index (κ2) is 7.44. The summed E-state index contributed by atoms with van der Waals surface area (Å²) in [4.78, 5) is 16.9. The summed E-state index contributed by atoms with van der Waals surface area (Å²) in [5.74, 6) is 0.633. The second-order valence-corrected chi connectivity index (χ2v) is 6.25. The fourth-order valence-corrected chi connectivity index (χ4v) is 3.09. The Morgan fingerprint density at radius 1 is 1.36 bits per heavy atom. The summed E-state index contributed by atoms with van der Waals surface area (Å²) < 4.78 is 5.22. The molecule has 1 N–H and O–H groups in total. The van der Waals surface area contributed by atoms with Crippen molar-refractivity contribution < 1.29 is 9.32 Å². The summed E-state index contributed by atoms with van der Waals surface area (Å²) in [5.41, 5.74) is 0.844. The number of carbonyl (C=O) groups excluding carboxylic acids is 1. The number of rotatable bonds is 3. The lowest BCUT2D eigenvalue weighted by Crippen LogP contribution is -2.49. The summed E-state index contributed by atoms with van der Waals surface area (Å²) in [6.07, 6.45) is 1.05. The Bertz CT molecular complexity index is 499. The Kier molecular flexibility index (Phi) is 5.83. The number of likely N-dealkylation sites (tertiary alicyclic amines) is 1. The Morgan fingerprint density at radius 3 is 2.73 bits per heavy atom. The molecule has 6 nitrogen and oxygen atoms in total. The lowest BCUT2D eigenvalue weighted by Gasteiger charge is -2.32. The van der Waals surface area contributed by atoms with Gasteiger partial charge in [-0.25, -0.2) is 0 Å². The molecule has 3 heterocycles. The van der Waals surface area contributed by atoms with Gasteiger partial charge in [0, 0.05) is 51.4 Å². The topological polar surface area (TPSA) is 61.6 Å². The first-order valence-corrected chi connectivity index (χ1v) is 7.86. The van der Waals surface area contributed by atoms with E-state index in [0.717, 1.165) is 51.4 Å². The Labute approximate surface area is 137 Å². The van der Waals surface area contributed by atoms with Gasteiger partial charge >= 0.3 is 0 Å². The van der Waals surface area contributed by atoms with Crippen LogP contribution in [-0.2, 0) is 0 Å². The highest BCUT2D eigenvalue weighted by Crippen LogP contribution is 2.20. The van der Waals surface area contributed by atoms with E-state index in [9.17, 15) is 4.79 Å². The van der Waals surface area contributed by atoms with Crippen molar-refractivity contribution in [2.75, 3.05) is 39.3 Å². The standard InChI is InChI=1S/C15H24N4O2.ClH/c1-11(2)13-9-14(21-17-13)15(20)19-6-3-12(10-19)18-7-4-16-5-8-18;/h9,11-12,16H,3-8,10H2,1-2H3;1H. The molecule has 2 aliphatic heterocycles. The monoisotopic (exact) mass is 328 g/mol. The van der Waals surface area contributed by atoms with Gasteiger partial charge in [0.05, 0.1) is 5.69 Å². The number of carbonyl (C=O) groups is 1. The maximum Gasteiger partial charge on any atom is 0.292 e. The Hall–Kier alpha value is -1.11. The van der Waals surface area contributed by atoms with Gasteiger partial charge in [-0.3, -0.25) is 9.69 Å². The van der Waals surface area contributed by atoms with E-state index in [1.54, 1.807) is 6.07 Å². The van der Waals surface area contributed by atoms with Crippen molar-refractivity contribution in [1.82, 2.24) is 20.3 Å². The molecule has 0 aromatic carbocycles. The molecule has 0 radical (unpaired) electrons. The number of halogens is 1. The molecule has 22 heavy (non-hydrogen) atoms. The van der Waals surface area contributed by atoms with E-state index in [4.69, 9.17) is 4.52 Å². The molecule has 1 aromatic heterocycles. The molecule has 0 spiro atoms. The predicted octanol–water partition coefficient (Wildman–Crippen LogP) is 1.34. The van der Waals surface area contributed by atoms with Crippen LogP contribution in [0.25, 0.3) is 0 Å². The molecular weight excluding hydrogens is 304 g/mol. The lowest BCUT2D eigenvalue weighted by atomic mass is 10.1. The van der Waals surface area contributed by atoms with Gasteiger partial charge in [0.2, 0.25) is 5.76 Å². The normalized spacial score (nSPS) is 22.9. The summed E-state index contributed by atoms with van der Waals surface area (Å²) in [5, 5.41) is 7.34. The molecular formula is C15H25ClN4O2. The van der Waals surface area contributed by atoms with Crippen LogP contribution in [0.3, 0.4) is 0 Å². The van der Waals surface area contributed by atoms with Gasteiger partial charge in [-0.05, 0) is 12.3 Å². The highest BCUT2D eigenvalue weighted by atomic mass is 35.5. The van der Waals surface area contributed by atoms with Gasteiger partial charge in [0.1, 0.15) is 0 Å². The smallest absolute Gasteiger partial charge is 0.292 e. The number of amides is 1. The molecule has 0 aliphatic carbocycles. The first kappa shape index (κ1) is 17.2. The van der Waals surface area contributed by atoms with Gasteiger partial charge in [-0.1, -0.05) is 19.0 Å². The zero-order chi connectivity index (χ0) is 14.8. The van der Waals surface area contributed by atoms with Crippen molar-refractivity contribution in [3.05, 3.63) is 17.5 Å². The largest absolute Gasteiger partial charge is 0.351 e. The number of aromatic nitrogens is 1. The van der Waals surface area contributed by atoms with Crippen LogP contribution in [0.5, 0.6) is 0 Å². The second-order valence-electron chi connectivity index (χ2n) is 6.25. The molecule has 2 saturated heterocycles. The molecule has 0 saturated carbocycles. The van der Waals surface area contributed by atoms with Crippen LogP contribution in [0.2, 0.25) is 0 Å². The maximum atomic E-state index is 12.5. The molecule has 2 aliphatic rings. The van der Waals surface area contributed by atoms with Crippen LogP contribution < -0.4 is 5.32 Å². The lowest BCUT2D eigenvalue weighted by molar-refractivity contribution is 0.0732. The molecule has 2 fully saturated rings. The van der Waals surface area contributed by atoms with Crippen LogP contribution in [0.1, 0.15) is 42.4 Å². The fourth-order valence-electron chi connectivity index (χ4n) is 3.09. The number of piperazine rings is 1. The van der Waals surface area contributed by atoms with Crippen molar-refractivity contribution in [3.8, 4) is 0 Å². The van der Waals surface area contributed by atoms with E-state index in [-0.39, 0.29) is 24.2 Å². The van der Waals surface area contributed by atoms with E-state index in [0.29, 0.717) is 11.8 Å². The van der Waals surface area contributed by atoms with Crippen molar-refractivity contribution in [2.24, 2.45) is 0 Å². The van der Waals surface area contributed by atoms with Crippen LogP contribution in [0.4, 0.5) is 0 Å². The Morgan fingerprint density at radius 2 is 2.09 bits per heavy atom. The molecule has 1 unspecified atom stereocenters. The van der Waals surface area contributed by atoms with Gasteiger partial charge < -0.3 is 14.7 Å². The molecule has 1 atom stereocenters. The minimum absolute atomic E-state index is 0. The summed E-state index contributed by atoms with van der Waals surface area (Å²) in [6.45, 7) is 9.94. The summed E-state index contributed by atoms with van der Waals surface area (Å²) in [7, 11) is 0. The van der Waals surface area contributed by atoms with Crippen LogP contribution in [0.15, 0.2) is 10.6 Å². The average molecular weight is 329 g/mol. The minimum Gasteiger partial charge on any atom is -0.351 e. The third-order valence-electron chi connectivity index (χ3n) is 4.45. The molecule has 3 rings (SSSR count). The molecule has 124 valence electrons. The molecule has 0 bridgehead atoms. The van der Waals surface area contributed by atoms with Gasteiger partial charge in [-0.2, -0.15) is 0 Å². The van der Waals surface area contributed by atoms with E-state index in [1.165, 1.54) is 0 Å². The number of nitrogens with one attached hydrogen (secondary N) is 1. The zero-order valence-corrected chi connectivity index (χ0v) is 14.1. The van der Waals surface area contributed by atoms with Crippen LogP contribution in [0, 0.1) is 0 Å². The molecule has 1 amide bonds. The number of hydrogen-bond acceptors (Lipinski definition) is 5. The van der Waals surface area contributed by atoms with Gasteiger partial charge in [0.25, 0.3) is 5.91 Å².